The molecule has 0 aliphatic heterocycles. The first-order valence-corrected chi connectivity index (χ1v) is 9.22. The van der Waals surface area contributed by atoms with Crippen molar-refractivity contribution in [3.63, 3.8) is 0 Å². The van der Waals surface area contributed by atoms with E-state index in [2.05, 4.69) is 10.9 Å². The number of ether oxygens (including phenoxy) is 1. The molecule has 0 saturated carbocycles. The third-order valence-corrected chi connectivity index (χ3v) is 5.46. The number of hydrogen-bond acceptors (Lipinski definition) is 4. The first-order valence-electron chi connectivity index (χ1n) is 7.65. The number of halogens is 2. The van der Waals surface area contributed by atoms with Gasteiger partial charge in [-0.05, 0) is 37.3 Å². The van der Waals surface area contributed by atoms with Crippen molar-refractivity contribution in [1.82, 2.24) is 10.9 Å². The van der Waals surface area contributed by atoms with Gasteiger partial charge in [0, 0.05) is 15.1 Å². The second kappa shape index (κ2) is 7.95. The van der Waals surface area contributed by atoms with Crippen molar-refractivity contribution in [2.75, 3.05) is 0 Å². The van der Waals surface area contributed by atoms with Crippen LogP contribution in [0, 0.1) is 0 Å². The van der Waals surface area contributed by atoms with Gasteiger partial charge in [-0.2, -0.15) is 0 Å². The first-order chi connectivity index (χ1) is 12.5. The highest BCUT2D eigenvalue weighted by atomic mass is 35.5. The fourth-order valence-electron chi connectivity index (χ4n) is 2.21. The zero-order valence-corrected chi connectivity index (χ0v) is 15.9. The van der Waals surface area contributed by atoms with E-state index in [1.165, 1.54) is 11.3 Å². The van der Waals surface area contributed by atoms with Crippen molar-refractivity contribution in [1.29, 1.82) is 0 Å². The van der Waals surface area contributed by atoms with Gasteiger partial charge < -0.3 is 4.74 Å². The molecule has 1 aromatic heterocycles. The summed E-state index contributed by atoms with van der Waals surface area (Å²) in [6.45, 7) is 1.57. The molecule has 0 spiro atoms. The number of fused-ring (bicyclic) bond motifs is 1. The maximum atomic E-state index is 12.3. The molecule has 0 aliphatic rings. The van der Waals surface area contributed by atoms with E-state index in [-0.39, 0.29) is 0 Å². The molecule has 134 valence electrons. The molecule has 0 radical (unpaired) electrons. The Morgan fingerprint density at radius 3 is 2.42 bits per heavy atom. The summed E-state index contributed by atoms with van der Waals surface area (Å²) in [4.78, 5) is 24.7. The fraction of sp³-hybridized carbons (Fsp3) is 0.111. The molecule has 2 amide bonds. The maximum absolute atomic E-state index is 12.3. The third kappa shape index (κ3) is 4.09. The zero-order valence-electron chi connectivity index (χ0n) is 13.6. The number of benzene rings is 2. The molecule has 8 heteroatoms. The summed E-state index contributed by atoms with van der Waals surface area (Å²) in [5.74, 6) is -0.482. The SMILES string of the molecule is CC(Oc1ccc(Cl)cc1)C(=O)NNC(=O)c1sc2ccccc2c1Cl. The molecule has 3 rings (SSSR count). The lowest BCUT2D eigenvalue weighted by Gasteiger charge is -2.15. The normalized spacial score (nSPS) is 11.8. The van der Waals surface area contributed by atoms with Gasteiger partial charge in [-0.1, -0.05) is 41.4 Å². The molecule has 0 bridgehead atoms. The number of hydrogen-bond donors (Lipinski definition) is 2. The van der Waals surface area contributed by atoms with Gasteiger partial charge in [0.15, 0.2) is 6.10 Å². The van der Waals surface area contributed by atoms with Crippen LogP contribution in [0.4, 0.5) is 0 Å². The Bertz CT molecular complexity index is 957. The van der Waals surface area contributed by atoms with E-state index >= 15 is 0 Å². The highest BCUT2D eigenvalue weighted by molar-refractivity contribution is 7.21. The second-order valence-electron chi connectivity index (χ2n) is 5.40. The van der Waals surface area contributed by atoms with Gasteiger partial charge in [0.1, 0.15) is 10.6 Å². The van der Waals surface area contributed by atoms with E-state index in [1.807, 2.05) is 24.3 Å². The Labute approximate surface area is 163 Å². The van der Waals surface area contributed by atoms with Crippen LogP contribution in [0.2, 0.25) is 10.0 Å². The maximum Gasteiger partial charge on any atom is 0.281 e. The Morgan fingerprint density at radius 2 is 1.73 bits per heavy atom. The lowest BCUT2D eigenvalue weighted by Crippen LogP contribution is -2.47. The monoisotopic (exact) mass is 408 g/mol. The average Bonchev–Trinajstić information content (AvgIpc) is 2.98. The van der Waals surface area contributed by atoms with Crippen LogP contribution in [0.1, 0.15) is 16.6 Å². The standard InChI is InChI=1S/C18H14Cl2N2O3S/c1-10(25-12-8-6-11(19)7-9-12)17(23)21-22-18(24)16-15(20)13-4-2-3-5-14(13)26-16/h2-10H,1H3,(H,21,23)(H,22,24). The summed E-state index contributed by atoms with van der Waals surface area (Å²) in [5, 5.41) is 1.74. The fourth-order valence-corrected chi connectivity index (χ4v) is 3.75. The Morgan fingerprint density at radius 1 is 1.04 bits per heavy atom. The predicted molar refractivity (Wildman–Crippen MR) is 104 cm³/mol. The van der Waals surface area contributed by atoms with Crippen molar-refractivity contribution >= 4 is 56.4 Å². The van der Waals surface area contributed by atoms with Crippen LogP contribution in [0.15, 0.2) is 48.5 Å². The molecule has 0 fully saturated rings. The quantitative estimate of drug-likeness (QED) is 0.627. The second-order valence-corrected chi connectivity index (χ2v) is 7.27. The van der Waals surface area contributed by atoms with Crippen LogP contribution < -0.4 is 15.6 Å². The van der Waals surface area contributed by atoms with Crippen molar-refractivity contribution in [2.45, 2.75) is 13.0 Å². The van der Waals surface area contributed by atoms with Gasteiger partial charge in [-0.3, -0.25) is 20.4 Å². The van der Waals surface area contributed by atoms with E-state index in [9.17, 15) is 9.59 Å². The largest absolute Gasteiger partial charge is 0.481 e. The summed E-state index contributed by atoms with van der Waals surface area (Å²) in [6.07, 6.45) is -0.811. The van der Waals surface area contributed by atoms with Gasteiger partial charge >= 0.3 is 0 Å². The van der Waals surface area contributed by atoms with Crippen molar-refractivity contribution in [3.8, 4) is 5.75 Å². The molecule has 2 aromatic carbocycles. The lowest BCUT2D eigenvalue weighted by atomic mass is 10.2. The molecular formula is C18H14Cl2N2O3S. The molecule has 1 heterocycles. The number of thiophene rings is 1. The van der Waals surface area contributed by atoms with Crippen LogP contribution in [0.25, 0.3) is 10.1 Å². The van der Waals surface area contributed by atoms with Crippen molar-refractivity contribution < 1.29 is 14.3 Å². The number of amides is 2. The number of carbonyl (C=O) groups is 2. The predicted octanol–water partition coefficient (Wildman–Crippen LogP) is 4.44. The summed E-state index contributed by atoms with van der Waals surface area (Å²) >= 11 is 13.3. The van der Waals surface area contributed by atoms with Crippen LogP contribution in [0.3, 0.4) is 0 Å². The first kappa shape index (κ1) is 18.5. The third-order valence-electron chi connectivity index (χ3n) is 3.54. The van der Waals surface area contributed by atoms with E-state index in [4.69, 9.17) is 27.9 Å². The number of hydrazine groups is 1. The minimum Gasteiger partial charge on any atom is -0.481 e. The molecule has 3 aromatic rings. The van der Waals surface area contributed by atoms with Gasteiger partial charge in [-0.25, -0.2) is 0 Å². The van der Waals surface area contributed by atoms with E-state index in [0.717, 1.165) is 10.1 Å². The Balaban J connectivity index is 1.60. The molecular weight excluding hydrogens is 395 g/mol. The van der Waals surface area contributed by atoms with Gasteiger partial charge in [0.2, 0.25) is 0 Å². The lowest BCUT2D eigenvalue weighted by molar-refractivity contribution is -0.128. The van der Waals surface area contributed by atoms with Gasteiger partial charge in [0.25, 0.3) is 11.8 Å². The minimum absolute atomic E-state index is 0.333. The molecule has 26 heavy (non-hydrogen) atoms. The number of carbonyl (C=O) groups excluding carboxylic acids is 2. The summed E-state index contributed by atoms with van der Waals surface area (Å²) < 4.78 is 6.39. The smallest absolute Gasteiger partial charge is 0.281 e. The summed E-state index contributed by atoms with van der Waals surface area (Å²) in [5.41, 5.74) is 4.71. The van der Waals surface area contributed by atoms with E-state index in [1.54, 1.807) is 31.2 Å². The van der Waals surface area contributed by atoms with Crippen molar-refractivity contribution in [2.24, 2.45) is 0 Å². The summed E-state index contributed by atoms with van der Waals surface area (Å²) in [6, 6.07) is 14.1. The van der Waals surface area contributed by atoms with Gasteiger partial charge in [0.05, 0.1) is 5.02 Å². The molecule has 1 atom stereocenters. The molecule has 2 N–H and O–H groups in total. The summed E-state index contributed by atoms with van der Waals surface area (Å²) in [7, 11) is 0. The van der Waals surface area contributed by atoms with Crippen LogP contribution in [-0.2, 0) is 4.79 Å². The highest BCUT2D eigenvalue weighted by Gasteiger charge is 2.19. The average molecular weight is 409 g/mol. The van der Waals surface area contributed by atoms with E-state index in [0.29, 0.717) is 20.7 Å². The Hall–Kier alpha value is -2.28. The Kier molecular flexibility index (Phi) is 5.66. The van der Waals surface area contributed by atoms with Crippen LogP contribution >= 0.6 is 34.5 Å². The van der Waals surface area contributed by atoms with Crippen molar-refractivity contribution in [3.05, 3.63) is 63.5 Å². The molecule has 0 saturated heterocycles. The minimum atomic E-state index is -0.811. The topological polar surface area (TPSA) is 67.4 Å². The van der Waals surface area contributed by atoms with Crippen LogP contribution in [-0.4, -0.2) is 17.9 Å². The number of rotatable bonds is 4. The zero-order chi connectivity index (χ0) is 18.7. The van der Waals surface area contributed by atoms with E-state index < -0.39 is 17.9 Å². The van der Waals surface area contributed by atoms with Crippen LogP contribution in [0.5, 0.6) is 5.75 Å². The highest BCUT2D eigenvalue weighted by Crippen LogP contribution is 2.34. The number of nitrogens with one attached hydrogen (secondary N) is 2. The molecule has 0 aliphatic carbocycles. The molecule has 5 nitrogen and oxygen atoms in total. The molecule has 1 unspecified atom stereocenters. The van der Waals surface area contributed by atoms with Gasteiger partial charge in [-0.15, -0.1) is 11.3 Å².